The van der Waals surface area contributed by atoms with Crippen molar-refractivity contribution in [2.75, 3.05) is 13.2 Å². The number of unbranched alkanes of at least 4 members (excludes halogenated alkanes) is 5. The van der Waals surface area contributed by atoms with Crippen LogP contribution in [0.2, 0.25) is 0 Å². The summed E-state index contributed by atoms with van der Waals surface area (Å²) in [7, 11) is 0. The highest BCUT2D eigenvalue weighted by Crippen LogP contribution is 2.04. The van der Waals surface area contributed by atoms with Crippen molar-refractivity contribution in [1.29, 1.82) is 0 Å². The first-order valence-corrected chi connectivity index (χ1v) is 4.45. The summed E-state index contributed by atoms with van der Waals surface area (Å²) in [6.07, 6.45) is 6.27. The van der Waals surface area contributed by atoms with E-state index in [1.165, 1.54) is 0 Å². The Kier molecular flexibility index (Phi) is 10.7. The van der Waals surface area contributed by atoms with E-state index in [0.29, 0.717) is 13.2 Å². The quantitative estimate of drug-likeness (QED) is 0.321. The molecule has 0 heterocycles. The second-order valence-electron chi connectivity index (χ2n) is 2.74. The molecule has 12 heavy (non-hydrogen) atoms. The van der Waals surface area contributed by atoms with E-state index in [9.17, 15) is 0 Å². The molecule has 0 aliphatic heterocycles. The molecule has 0 aliphatic carbocycles. The van der Waals surface area contributed by atoms with Gasteiger partial charge >= 0.3 is 0 Å². The number of aliphatic hydroxyl groups excluding tert-OH is 1. The van der Waals surface area contributed by atoms with E-state index in [0.717, 1.165) is 38.5 Å². The fourth-order valence-corrected chi connectivity index (χ4v) is 1.02. The number of aliphatic hydroxyl groups is 1. The lowest BCUT2D eigenvalue weighted by Crippen LogP contribution is -1.93. The summed E-state index contributed by atoms with van der Waals surface area (Å²) in [6, 6.07) is 0. The second-order valence-corrected chi connectivity index (χ2v) is 2.74. The molecule has 0 aliphatic rings. The van der Waals surface area contributed by atoms with Crippen molar-refractivity contribution in [3.63, 3.8) is 0 Å². The molecule has 0 saturated carbocycles. The Morgan fingerprint density at radius 1 is 0.833 bits per heavy atom. The molecule has 0 fully saturated rings. The van der Waals surface area contributed by atoms with Crippen LogP contribution in [0.15, 0.2) is 0 Å². The van der Waals surface area contributed by atoms with Crippen LogP contribution < -0.4 is 0 Å². The van der Waals surface area contributed by atoms with E-state index >= 15 is 0 Å². The van der Waals surface area contributed by atoms with Crippen LogP contribution in [-0.2, 0) is 9.93 Å². The highest BCUT2D eigenvalue weighted by molar-refractivity contribution is 4.43. The minimum absolute atomic E-state index is 0.293. The maximum Gasteiger partial charge on any atom is 0.0853 e. The maximum atomic E-state index is 8.47. The van der Waals surface area contributed by atoms with Crippen molar-refractivity contribution in [2.24, 2.45) is 0 Å². The third kappa shape index (κ3) is 9.84. The van der Waals surface area contributed by atoms with Gasteiger partial charge in [0.1, 0.15) is 0 Å². The number of hydrogen-bond acceptors (Lipinski definition) is 4. The summed E-state index contributed by atoms with van der Waals surface area (Å²) in [6.45, 7) is 0.734. The first-order chi connectivity index (χ1) is 5.91. The van der Waals surface area contributed by atoms with Crippen molar-refractivity contribution in [1.82, 2.24) is 0 Å². The molecule has 74 valence electrons. The van der Waals surface area contributed by atoms with Gasteiger partial charge in [-0.1, -0.05) is 30.7 Å². The molecule has 0 rings (SSSR count). The van der Waals surface area contributed by atoms with Gasteiger partial charge in [0.25, 0.3) is 0 Å². The number of hydrogen-bond donors (Lipinski definition) is 2. The molecule has 4 heteroatoms. The zero-order chi connectivity index (χ0) is 9.07. The van der Waals surface area contributed by atoms with Gasteiger partial charge in [-0.05, 0) is 12.8 Å². The highest BCUT2D eigenvalue weighted by Gasteiger charge is 1.91. The molecule has 0 bridgehead atoms. The largest absolute Gasteiger partial charge is 0.396 e. The predicted molar refractivity (Wildman–Crippen MR) is 44.5 cm³/mol. The first-order valence-electron chi connectivity index (χ1n) is 4.45. The lowest BCUT2D eigenvalue weighted by atomic mass is 10.1. The van der Waals surface area contributed by atoms with Gasteiger partial charge in [-0.2, -0.15) is 0 Å². The van der Waals surface area contributed by atoms with Crippen LogP contribution in [0.25, 0.3) is 0 Å². The Bertz CT molecular complexity index is 67.5. The molecule has 0 aromatic heterocycles. The van der Waals surface area contributed by atoms with E-state index in [1.54, 1.807) is 0 Å². The van der Waals surface area contributed by atoms with Crippen LogP contribution in [0.5, 0.6) is 0 Å². The van der Waals surface area contributed by atoms with Crippen molar-refractivity contribution in [3.05, 3.63) is 0 Å². The summed E-state index contributed by atoms with van der Waals surface area (Å²) in [5, 5.41) is 19.7. The third-order valence-corrected chi connectivity index (χ3v) is 1.69. The predicted octanol–water partition coefficient (Wildman–Crippen LogP) is 1.74. The highest BCUT2D eigenvalue weighted by atomic mass is 17.5. The molecule has 0 atom stereocenters. The Hall–Kier alpha value is -0.160. The molecule has 4 nitrogen and oxygen atoms in total. The summed E-state index contributed by atoms with van der Waals surface area (Å²) < 4.78 is 0. The molecule has 0 amide bonds. The van der Waals surface area contributed by atoms with Crippen LogP contribution in [0, 0.1) is 0 Å². The normalized spacial score (nSPS) is 10.5. The van der Waals surface area contributed by atoms with Crippen LogP contribution >= 0.6 is 0 Å². The molecule has 0 aromatic rings. The van der Waals surface area contributed by atoms with Gasteiger partial charge in [-0.25, -0.2) is 10.1 Å². The van der Waals surface area contributed by atoms with E-state index in [2.05, 4.69) is 9.93 Å². The SMILES string of the molecule is OCCCCCCCCOOO. The van der Waals surface area contributed by atoms with Crippen LogP contribution in [0.4, 0.5) is 0 Å². The summed E-state index contributed by atoms with van der Waals surface area (Å²) in [4.78, 5) is 4.28. The monoisotopic (exact) mass is 178 g/mol. The summed E-state index contributed by atoms with van der Waals surface area (Å²) in [5.41, 5.74) is 0. The second kappa shape index (κ2) is 10.8. The van der Waals surface area contributed by atoms with Gasteiger partial charge in [-0.3, -0.25) is 0 Å². The van der Waals surface area contributed by atoms with E-state index in [1.807, 2.05) is 0 Å². The molecule has 0 saturated heterocycles. The zero-order valence-electron chi connectivity index (χ0n) is 7.37. The summed E-state index contributed by atoms with van der Waals surface area (Å²) in [5.74, 6) is 0. The van der Waals surface area contributed by atoms with Gasteiger partial charge < -0.3 is 5.11 Å². The molecule has 0 radical (unpaired) electrons. The van der Waals surface area contributed by atoms with Gasteiger partial charge in [0, 0.05) is 6.61 Å². The summed E-state index contributed by atoms with van der Waals surface area (Å²) >= 11 is 0. The Balaban J connectivity index is 2.73. The maximum absolute atomic E-state index is 8.47. The minimum atomic E-state index is 0.293. The molecule has 0 aromatic carbocycles. The fourth-order valence-electron chi connectivity index (χ4n) is 1.02. The van der Waals surface area contributed by atoms with E-state index in [-0.39, 0.29) is 0 Å². The van der Waals surface area contributed by atoms with Gasteiger partial charge in [-0.15, -0.1) is 0 Å². The van der Waals surface area contributed by atoms with E-state index in [4.69, 9.17) is 10.4 Å². The smallest absolute Gasteiger partial charge is 0.0853 e. The molecular weight excluding hydrogens is 160 g/mol. The van der Waals surface area contributed by atoms with Gasteiger partial charge in [0.05, 0.1) is 6.61 Å². The van der Waals surface area contributed by atoms with Gasteiger partial charge in [0.15, 0.2) is 0 Å². The Morgan fingerprint density at radius 2 is 1.42 bits per heavy atom. The third-order valence-electron chi connectivity index (χ3n) is 1.69. The topological polar surface area (TPSA) is 58.9 Å². The molecule has 0 spiro atoms. The van der Waals surface area contributed by atoms with Crippen LogP contribution in [0.1, 0.15) is 38.5 Å². The Morgan fingerprint density at radius 3 is 2.00 bits per heavy atom. The standard InChI is InChI=1S/C8H18O4/c9-7-5-3-1-2-4-6-8-11-12-10/h9-10H,1-8H2. The Labute approximate surface area is 73.0 Å². The first kappa shape index (κ1) is 11.8. The lowest BCUT2D eigenvalue weighted by Gasteiger charge is -1.99. The molecular formula is C8H18O4. The minimum Gasteiger partial charge on any atom is -0.396 e. The van der Waals surface area contributed by atoms with Crippen molar-refractivity contribution in [3.8, 4) is 0 Å². The van der Waals surface area contributed by atoms with Crippen molar-refractivity contribution < 1.29 is 20.3 Å². The zero-order valence-corrected chi connectivity index (χ0v) is 7.37. The van der Waals surface area contributed by atoms with Crippen molar-refractivity contribution in [2.45, 2.75) is 38.5 Å². The fraction of sp³-hybridized carbons (Fsp3) is 1.00. The number of rotatable bonds is 9. The van der Waals surface area contributed by atoms with E-state index < -0.39 is 0 Å². The van der Waals surface area contributed by atoms with Crippen LogP contribution in [0.3, 0.4) is 0 Å². The molecule has 0 unspecified atom stereocenters. The van der Waals surface area contributed by atoms with Crippen LogP contribution in [-0.4, -0.2) is 23.6 Å². The van der Waals surface area contributed by atoms with Gasteiger partial charge in [0.2, 0.25) is 0 Å². The average Bonchev–Trinajstić information content (AvgIpc) is 2.10. The lowest BCUT2D eigenvalue weighted by molar-refractivity contribution is -0.490. The van der Waals surface area contributed by atoms with Crippen molar-refractivity contribution >= 4 is 0 Å². The molecule has 2 N–H and O–H groups in total. The average molecular weight is 178 g/mol.